The Morgan fingerprint density at radius 2 is 2.24 bits per heavy atom. The number of halogens is 2. The molecule has 17 heavy (non-hydrogen) atoms. The average molecular weight is 271 g/mol. The molecule has 1 heterocycles. The van der Waals surface area contributed by atoms with E-state index in [4.69, 9.17) is 11.6 Å². The van der Waals surface area contributed by atoms with Gasteiger partial charge in [-0.05, 0) is 32.2 Å². The lowest BCUT2D eigenvalue weighted by molar-refractivity contribution is 0.628. The Hall–Kier alpha value is -0.970. The van der Waals surface area contributed by atoms with Crippen molar-refractivity contribution in [3.8, 4) is 10.6 Å². The van der Waals surface area contributed by atoms with Gasteiger partial charge in [-0.25, -0.2) is 9.37 Å². The quantitative estimate of drug-likeness (QED) is 0.921. The van der Waals surface area contributed by atoms with Crippen LogP contribution in [0.5, 0.6) is 0 Å². The molecule has 0 amide bonds. The van der Waals surface area contributed by atoms with E-state index in [1.807, 2.05) is 14.0 Å². The number of benzene rings is 1. The zero-order valence-electron chi connectivity index (χ0n) is 9.55. The molecule has 2 rings (SSSR count). The van der Waals surface area contributed by atoms with Gasteiger partial charge < -0.3 is 5.32 Å². The molecular formula is C12H12ClFN2S. The van der Waals surface area contributed by atoms with Gasteiger partial charge in [0.1, 0.15) is 10.8 Å². The summed E-state index contributed by atoms with van der Waals surface area (Å²) >= 11 is 7.36. The van der Waals surface area contributed by atoms with Crippen molar-refractivity contribution < 1.29 is 4.39 Å². The van der Waals surface area contributed by atoms with Gasteiger partial charge in [-0.1, -0.05) is 11.6 Å². The minimum Gasteiger partial charge on any atom is -0.315 e. The van der Waals surface area contributed by atoms with Crippen molar-refractivity contribution in [3.05, 3.63) is 39.6 Å². The van der Waals surface area contributed by atoms with Gasteiger partial charge in [-0.3, -0.25) is 0 Å². The molecule has 0 aliphatic heterocycles. The highest BCUT2D eigenvalue weighted by molar-refractivity contribution is 7.15. The van der Waals surface area contributed by atoms with Gasteiger partial charge in [0.25, 0.3) is 0 Å². The second-order valence-corrected chi connectivity index (χ2v) is 5.18. The zero-order valence-corrected chi connectivity index (χ0v) is 11.1. The molecule has 0 unspecified atom stereocenters. The van der Waals surface area contributed by atoms with Crippen molar-refractivity contribution >= 4 is 22.9 Å². The van der Waals surface area contributed by atoms with E-state index in [0.717, 1.165) is 22.8 Å². The van der Waals surface area contributed by atoms with Crippen LogP contribution < -0.4 is 5.32 Å². The topological polar surface area (TPSA) is 24.9 Å². The Balaban J connectivity index is 2.39. The van der Waals surface area contributed by atoms with Crippen LogP contribution in [-0.2, 0) is 6.54 Å². The summed E-state index contributed by atoms with van der Waals surface area (Å²) in [6.45, 7) is 2.76. The third-order valence-electron chi connectivity index (χ3n) is 2.40. The van der Waals surface area contributed by atoms with Crippen molar-refractivity contribution in [2.24, 2.45) is 0 Å². The van der Waals surface area contributed by atoms with E-state index in [0.29, 0.717) is 0 Å². The fourth-order valence-corrected chi connectivity index (χ4v) is 2.76. The first-order valence-corrected chi connectivity index (χ1v) is 6.37. The minimum absolute atomic E-state index is 0.130. The first kappa shape index (κ1) is 12.5. The molecule has 0 spiro atoms. The van der Waals surface area contributed by atoms with Crippen molar-refractivity contribution in [3.63, 3.8) is 0 Å². The Morgan fingerprint density at radius 1 is 1.47 bits per heavy atom. The van der Waals surface area contributed by atoms with Crippen LogP contribution in [0.15, 0.2) is 18.2 Å². The molecule has 0 radical (unpaired) electrons. The molecule has 1 N–H and O–H groups in total. The standard InChI is InChI=1S/C12H12ClFN2S/c1-7-11(6-15-2)17-12(16-7)8-3-4-10(14)9(13)5-8/h3-5,15H,6H2,1-2H3. The van der Waals surface area contributed by atoms with Crippen LogP contribution in [0.25, 0.3) is 10.6 Å². The summed E-state index contributed by atoms with van der Waals surface area (Å²) < 4.78 is 13.1. The molecule has 0 aliphatic rings. The number of hydrogen-bond donors (Lipinski definition) is 1. The summed E-state index contributed by atoms with van der Waals surface area (Å²) in [6.07, 6.45) is 0. The SMILES string of the molecule is CNCc1sc(-c2ccc(F)c(Cl)c2)nc1C. The maximum atomic E-state index is 13.1. The molecule has 0 saturated carbocycles. The summed E-state index contributed by atoms with van der Waals surface area (Å²) in [4.78, 5) is 5.65. The first-order valence-electron chi connectivity index (χ1n) is 5.18. The lowest BCUT2D eigenvalue weighted by Gasteiger charge is -1.98. The van der Waals surface area contributed by atoms with Crippen molar-refractivity contribution in [1.82, 2.24) is 10.3 Å². The molecule has 1 aromatic heterocycles. The number of hydrogen-bond acceptors (Lipinski definition) is 3. The lowest BCUT2D eigenvalue weighted by atomic mass is 10.2. The molecule has 90 valence electrons. The summed E-state index contributed by atoms with van der Waals surface area (Å²) in [5.41, 5.74) is 1.85. The molecule has 0 aliphatic carbocycles. The maximum absolute atomic E-state index is 13.1. The monoisotopic (exact) mass is 270 g/mol. The number of nitrogens with zero attached hydrogens (tertiary/aromatic N) is 1. The Morgan fingerprint density at radius 3 is 2.88 bits per heavy atom. The van der Waals surface area contributed by atoms with Crippen molar-refractivity contribution in [2.45, 2.75) is 13.5 Å². The van der Waals surface area contributed by atoms with Gasteiger partial charge >= 0.3 is 0 Å². The van der Waals surface area contributed by atoms with E-state index >= 15 is 0 Å². The molecule has 2 nitrogen and oxygen atoms in total. The first-order chi connectivity index (χ1) is 8.11. The normalized spacial score (nSPS) is 10.8. The Kier molecular flexibility index (Phi) is 3.76. The third-order valence-corrected chi connectivity index (χ3v) is 3.89. The van der Waals surface area contributed by atoms with Crippen molar-refractivity contribution in [1.29, 1.82) is 0 Å². The largest absolute Gasteiger partial charge is 0.315 e. The molecule has 0 saturated heterocycles. The fourth-order valence-electron chi connectivity index (χ4n) is 1.51. The van der Waals surface area contributed by atoms with E-state index in [2.05, 4.69) is 10.3 Å². The number of rotatable bonds is 3. The van der Waals surface area contributed by atoms with Crippen LogP contribution in [0, 0.1) is 12.7 Å². The Bertz CT molecular complexity index is 539. The lowest BCUT2D eigenvalue weighted by Crippen LogP contribution is -2.04. The summed E-state index contributed by atoms with van der Waals surface area (Å²) in [5, 5.41) is 4.09. The van der Waals surface area contributed by atoms with Gasteiger partial charge in [0.15, 0.2) is 0 Å². The molecule has 1 aromatic carbocycles. The predicted molar refractivity (Wildman–Crippen MR) is 70.0 cm³/mol. The van der Waals surface area contributed by atoms with Gasteiger partial charge in [0.2, 0.25) is 0 Å². The predicted octanol–water partition coefficient (Wildman–Crippen LogP) is 3.63. The van der Waals surface area contributed by atoms with Crippen molar-refractivity contribution in [2.75, 3.05) is 7.05 Å². The van der Waals surface area contributed by atoms with Crippen LogP contribution in [0.1, 0.15) is 10.6 Å². The highest BCUT2D eigenvalue weighted by Crippen LogP contribution is 2.30. The Labute approximate surface area is 108 Å². The van der Waals surface area contributed by atoms with E-state index in [1.165, 1.54) is 10.9 Å². The fraction of sp³-hybridized carbons (Fsp3) is 0.250. The molecule has 2 aromatic rings. The minimum atomic E-state index is -0.404. The van der Waals surface area contributed by atoms with E-state index in [1.54, 1.807) is 23.5 Å². The number of nitrogens with one attached hydrogen (secondary N) is 1. The zero-order chi connectivity index (χ0) is 12.4. The van der Waals surface area contributed by atoms with Crippen LogP contribution >= 0.6 is 22.9 Å². The second kappa shape index (κ2) is 5.12. The molecule has 5 heteroatoms. The van der Waals surface area contributed by atoms with Crippen LogP contribution in [-0.4, -0.2) is 12.0 Å². The molecule has 0 bridgehead atoms. The summed E-state index contributed by atoms with van der Waals surface area (Å²) in [6, 6.07) is 4.67. The smallest absolute Gasteiger partial charge is 0.141 e. The van der Waals surface area contributed by atoms with Gasteiger partial charge in [0.05, 0.1) is 10.7 Å². The van der Waals surface area contributed by atoms with Crippen LogP contribution in [0.3, 0.4) is 0 Å². The second-order valence-electron chi connectivity index (χ2n) is 3.69. The highest BCUT2D eigenvalue weighted by Gasteiger charge is 2.10. The van der Waals surface area contributed by atoms with Crippen LogP contribution in [0.2, 0.25) is 5.02 Å². The molecule has 0 fully saturated rings. The van der Waals surface area contributed by atoms with Gasteiger partial charge in [-0.15, -0.1) is 11.3 Å². The van der Waals surface area contributed by atoms with E-state index in [-0.39, 0.29) is 5.02 Å². The van der Waals surface area contributed by atoms with E-state index < -0.39 is 5.82 Å². The third kappa shape index (κ3) is 2.65. The molecular weight excluding hydrogens is 259 g/mol. The maximum Gasteiger partial charge on any atom is 0.141 e. The van der Waals surface area contributed by atoms with E-state index in [9.17, 15) is 4.39 Å². The number of thiazole rings is 1. The number of aryl methyl sites for hydroxylation is 1. The van der Waals surface area contributed by atoms with Crippen LogP contribution in [0.4, 0.5) is 4.39 Å². The summed E-state index contributed by atoms with van der Waals surface area (Å²) in [7, 11) is 1.90. The highest BCUT2D eigenvalue weighted by atomic mass is 35.5. The molecule has 0 atom stereocenters. The number of aromatic nitrogens is 1. The van der Waals surface area contributed by atoms with Gasteiger partial charge in [0, 0.05) is 17.0 Å². The van der Waals surface area contributed by atoms with Gasteiger partial charge in [-0.2, -0.15) is 0 Å². The average Bonchev–Trinajstić information content (AvgIpc) is 2.65. The summed E-state index contributed by atoms with van der Waals surface area (Å²) in [5.74, 6) is -0.404.